The standard InChI is InChI=1S/C16H12N2O4S2/c19-13-9-5-4-6-11(13)10-14-15(20)17-16(23-14)18-24(21,22)12-7-2-1-3-8-12/h1-10,19H,(H,17,18,20)/b14-10-. The van der Waals surface area contributed by atoms with Gasteiger partial charge in [0.15, 0.2) is 5.17 Å². The van der Waals surface area contributed by atoms with Gasteiger partial charge in [0.2, 0.25) is 0 Å². The molecule has 122 valence electrons. The van der Waals surface area contributed by atoms with Crippen LogP contribution in [0.25, 0.3) is 6.08 Å². The van der Waals surface area contributed by atoms with Crippen LogP contribution in [0.5, 0.6) is 5.75 Å². The SMILES string of the molecule is O=C1N/C(=N\S(=O)(=O)c2ccccc2)S/C1=C\c1ccccc1O. The van der Waals surface area contributed by atoms with Crippen LogP contribution in [0.1, 0.15) is 5.56 Å². The first-order chi connectivity index (χ1) is 11.5. The fraction of sp³-hybridized carbons (Fsp3) is 0. The second-order valence-corrected chi connectivity index (χ2v) is 7.44. The van der Waals surface area contributed by atoms with Crippen molar-refractivity contribution in [2.45, 2.75) is 4.90 Å². The molecule has 2 aromatic rings. The van der Waals surface area contributed by atoms with Crippen LogP contribution < -0.4 is 5.32 Å². The number of sulfonamides is 1. The number of phenols is 1. The molecule has 0 saturated carbocycles. The van der Waals surface area contributed by atoms with E-state index in [1.54, 1.807) is 36.4 Å². The summed E-state index contributed by atoms with van der Waals surface area (Å²) >= 11 is 0.904. The quantitative estimate of drug-likeness (QED) is 0.819. The molecule has 3 rings (SSSR count). The summed E-state index contributed by atoms with van der Waals surface area (Å²) in [7, 11) is -3.90. The number of amidine groups is 1. The minimum atomic E-state index is -3.90. The van der Waals surface area contributed by atoms with E-state index in [4.69, 9.17) is 0 Å². The summed E-state index contributed by atoms with van der Waals surface area (Å²) in [4.78, 5) is 12.3. The van der Waals surface area contributed by atoms with Gasteiger partial charge in [0.1, 0.15) is 5.75 Å². The third-order valence-corrected chi connectivity index (χ3v) is 5.43. The van der Waals surface area contributed by atoms with Crippen LogP contribution in [-0.2, 0) is 14.8 Å². The Morgan fingerprint density at radius 1 is 1.04 bits per heavy atom. The van der Waals surface area contributed by atoms with Gasteiger partial charge in [-0.25, -0.2) is 0 Å². The predicted octanol–water partition coefficient (Wildman–Crippen LogP) is 2.34. The highest BCUT2D eigenvalue weighted by Crippen LogP contribution is 2.29. The van der Waals surface area contributed by atoms with Gasteiger partial charge in [-0.3, -0.25) is 10.1 Å². The molecule has 0 atom stereocenters. The van der Waals surface area contributed by atoms with Crippen molar-refractivity contribution in [1.29, 1.82) is 0 Å². The Labute approximate surface area is 143 Å². The number of phenolic OH excluding ortho intramolecular Hbond substituents is 1. The van der Waals surface area contributed by atoms with Crippen LogP contribution in [0.2, 0.25) is 0 Å². The van der Waals surface area contributed by atoms with Crippen LogP contribution in [-0.4, -0.2) is 24.6 Å². The summed E-state index contributed by atoms with van der Waals surface area (Å²) in [6.45, 7) is 0. The van der Waals surface area contributed by atoms with Gasteiger partial charge in [-0.15, -0.1) is 4.40 Å². The van der Waals surface area contributed by atoms with Crippen molar-refractivity contribution in [2.75, 3.05) is 0 Å². The van der Waals surface area contributed by atoms with Gasteiger partial charge in [0.05, 0.1) is 9.80 Å². The number of rotatable bonds is 3. The number of amides is 1. The number of nitrogens with zero attached hydrogens (tertiary/aromatic N) is 1. The molecule has 2 N–H and O–H groups in total. The Balaban J connectivity index is 1.89. The molecular weight excluding hydrogens is 348 g/mol. The van der Waals surface area contributed by atoms with Gasteiger partial charge in [-0.1, -0.05) is 36.4 Å². The van der Waals surface area contributed by atoms with E-state index >= 15 is 0 Å². The molecule has 0 bridgehead atoms. The molecule has 1 heterocycles. The zero-order valence-electron chi connectivity index (χ0n) is 12.2. The third kappa shape index (κ3) is 3.50. The number of nitrogens with one attached hydrogen (secondary N) is 1. The maximum atomic E-state index is 12.2. The summed E-state index contributed by atoms with van der Waals surface area (Å²) in [5.74, 6) is -0.439. The molecule has 24 heavy (non-hydrogen) atoms. The van der Waals surface area contributed by atoms with E-state index in [-0.39, 0.29) is 20.7 Å². The molecule has 0 spiro atoms. The van der Waals surface area contributed by atoms with E-state index < -0.39 is 15.9 Å². The fourth-order valence-corrected chi connectivity index (χ4v) is 3.97. The summed E-state index contributed by atoms with van der Waals surface area (Å²) in [6.07, 6.45) is 1.48. The average molecular weight is 360 g/mol. The maximum absolute atomic E-state index is 12.2. The first-order valence-corrected chi connectivity index (χ1v) is 9.10. The van der Waals surface area contributed by atoms with Crippen molar-refractivity contribution in [3.63, 3.8) is 0 Å². The van der Waals surface area contributed by atoms with Gasteiger partial charge < -0.3 is 5.11 Å². The van der Waals surface area contributed by atoms with Gasteiger partial charge in [0, 0.05) is 5.56 Å². The Bertz CT molecular complexity index is 951. The molecule has 2 aromatic carbocycles. The largest absolute Gasteiger partial charge is 0.507 e. The van der Waals surface area contributed by atoms with Crippen LogP contribution in [0.15, 0.2) is 68.8 Å². The highest BCUT2D eigenvalue weighted by molar-refractivity contribution is 8.19. The fourth-order valence-electron chi connectivity index (χ4n) is 1.98. The number of carbonyl (C=O) groups is 1. The Hall–Kier alpha value is -2.58. The highest BCUT2D eigenvalue weighted by atomic mass is 32.2. The number of carbonyl (C=O) groups excluding carboxylic acids is 1. The van der Waals surface area contributed by atoms with Crippen LogP contribution in [0, 0.1) is 0 Å². The second kappa shape index (κ2) is 6.50. The monoisotopic (exact) mass is 360 g/mol. The molecule has 1 amide bonds. The first kappa shape index (κ1) is 16.3. The van der Waals surface area contributed by atoms with Crippen molar-refractivity contribution in [1.82, 2.24) is 5.32 Å². The molecular formula is C16H12N2O4S2. The van der Waals surface area contributed by atoms with Gasteiger partial charge >= 0.3 is 0 Å². The number of aromatic hydroxyl groups is 1. The van der Waals surface area contributed by atoms with Crippen LogP contribution >= 0.6 is 11.8 Å². The lowest BCUT2D eigenvalue weighted by Crippen LogP contribution is -2.20. The maximum Gasteiger partial charge on any atom is 0.284 e. The van der Waals surface area contributed by atoms with Crippen molar-refractivity contribution in [3.05, 3.63) is 65.1 Å². The zero-order valence-corrected chi connectivity index (χ0v) is 13.8. The molecule has 1 saturated heterocycles. The second-order valence-electron chi connectivity index (χ2n) is 4.81. The molecule has 6 nitrogen and oxygen atoms in total. The van der Waals surface area contributed by atoms with Crippen molar-refractivity contribution in [2.24, 2.45) is 4.40 Å². The van der Waals surface area contributed by atoms with E-state index in [1.165, 1.54) is 24.3 Å². The molecule has 0 radical (unpaired) electrons. The average Bonchev–Trinajstić information content (AvgIpc) is 2.89. The van der Waals surface area contributed by atoms with Crippen molar-refractivity contribution < 1.29 is 18.3 Å². The summed E-state index contributed by atoms with van der Waals surface area (Å²) < 4.78 is 28.1. The highest BCUT2D eigenvalue weighted by Gasteiger charge is 2.26. The van der Waals surface area contributed by atoms with E-state index in [1.807, 2.05) is 0 Å². The molecule has 1 fully saturated rings. The molecule has 1 aliphatic rings. The van der Waals surface area contributed by atoms with Crippen molar-refractivity contribution in [3.8, 4) is 5.75 Å². The minimum absolute atomic E-state index is 0.0227. The van der Waals surface area contributed by atoms with E-state index in [2.05, 4.69) is 9.71 Å². The molecule has 8 heteroatoms. The minimum Gasteiger partial charge on any atom is -0.507 e. The Morgan fingerprint density at radius 3 is 2.42 bits per heavy atom. The number of hydrogen-bond donors (Lipinski definition) is 2. The van der Waals surface area contributed by atoms with Gasteiger partial charge in [-0.2, -0.15) is 8.42 Å². The number of para-hydroxylation sites is 1. The summed E-state index contributed by atoms with van der Waals surface area (Å²) in [5, 5.41) is 12.1. The third-order valence-electron chi connectivity index (χ3n) is 3.12. The van der Waals surface area contributed by atoms with Gasteiger partial charge in [-0.05, 0) is 36.0 Å². The molecule has 0 aliphatic carbocycles. The Kier molecular flexibility index (Phi) is 4.41. The lowest BCUT2D eigenvalue weighted by Gasteiger charge is -1.99. The van der Waals surface area contributed by atoms with E-state index in [0.717, 1.165) is 11.8 Å². The number of thioether (sulfide) groups is 1. The smallest absolute Gasteiger partial charge is 0.284 e. The van der Waals surface area contributed by atoms with Crippen LogP contribution in [0.3, 0.4) is 0 Å². The summed E-state index contributed by atoms with van der Waals surface area (Å²) in [5.41, 5.74) is 0.460. The lowest BCUT2D eigenvalue weighted by atomic mass is 10.2. The lowest BCUT2D eigenvalue weighted by molar-refractivity contribution is -0.115. The predicted molar refractivity (Wildman–Crippen MR) is 92.9 cm³/mol. The zero-order chi connectivity index (χ0) is 17.2. The number of hydrogen-bond acceptors (Lipinski definition) is 5. The molecule has 0 aromatic heterocycles. The molecule has 1 aliphatic heterocycles. The van der Waals surface area contributed by atoms with Crippen LogP contribution in [0.4, 0.5) is 0 Å². The van der Waals surface area contributed by atoms with Crippen molar-refractivity contribution >= 4 is 38.9 Å². The topological polar surface area (TPSA) is 95.8 Å². The van der Waals surface area contributed by atoms with Gasteiger partial charge in [0.25, 0.3) is 15.9 Å². The molecule has 0 unspecified atom stereocenters. The Morgan fingerprint density at radius 2 is 1.71 bits per heavy atom. The normalized spacial score (nSPS) is 18.1. The first-order valence-electron chi connectivity index (χ1n) is 6.85. The number of benzene rings is 2. The van der Waals surface area contributed by atoms with E-state index in [9.17, 15) is 18.3 Å². The summed E-state index contributed by atoms with van der Waals surface area (Å²) in [6, 6.07) is 14.3. The van der Waals surface area contributed by atoms with E-state index in [0.29, 0.717) is 5.56 Å².